The minimum atomic E-state index is 0.722. The van der Waals surface area contributed by atoms with Gasteiger partial charge in [-0.1, -0.05) is 72.3 Å². The molecule has 0 aromatic heterocycles. The van der Waals surface area contributed by atoms with Crippen molar-refractivity contribution in [1.82, 2.24) is 0 Å². The smallest absolute Gasteiger partial charge is 0.0716 e. The van der Waals surface area contributed by atoms with Crippen LogP contribution in [0.2, 0.25) is 0 Å². The highest BCUT2D eigenvalue weighted by atomic mass is 16.5. The van der Waals surface area contributed by atoms with Gasteiger partial charge in [-0.2, -0.15) is 0 Å². The lowest BCUT2D eigenvalue weighted by atomic mass is 10.1. The molecule has 0 saturated carbocycles. The fraction of sp³-hybridized carbons (Fsp3) is 0.300. The average molecular weight is 280 g/mol. The summed E-state index contributed by atoms with van der Waals surface area (Å²) < 4.78 is 5.67. The number of ether oxygens (including phenoxy) is 1. The number of hydrogen-bond donors (Lipinski definition) is 0. The third-order valence-electron chi connectivity index (χ3n) is 3.41. The lowest BCUT2D eigenvalue weighted by Gasteiger charge is -2.03. The molecule has 2 aromatic carbocycles. The number of unbranched alkanes of at least 4 members (excludes halogenated alkanes) is 2. The van der Waals surface area contributed by atoms with Gasteiger partial charge in [0.25, 0.3) is 0 Å². The topological polar surface area (TPSA) is 9.23 Å². The van der Waals surface area contributed by atoms with E-state index in [1.165, 1.54) is 23.1 Å². The van der Waals surface area contributed by atoms with Gasteiger partial charge < -0.3 is 4.74 Å². The van der Waals surface area contributed by atoms with Gasteiger partial charge in [0.05, 0.1) is 6.61 Å². The SMILES string of the molecule is Cc1ccc(/C=C/CCCCOCc2ccccc2)cc1. The molecule has 0 saturated heterocycles. The number of benzene rings is 2. The molecule has 0 spiro atoms. The van der Waals surface area contributed by atoms with Gasteiger partial charge in [-0.3, -0.25) is 0 Å². The Morgan fingerprint density at radius 3 is 2.43 bits per heavy atom. The zero-order chi connectivity index (χ0) is 14.8. The van der Waals surface area contributed by atoms with Gasteiger partial charge in [-0.15, -0.1) is 0 Å². The van der Waals surface area contributed by atoms with Crippen LogP contribution in [0.4, 0.5) is 0 Å². The largest absolute Gasteiger partial charge is 0.377 e. The molecule has 21 heavy (non-hydrogen) atoms. The van der Waals surface area contributed by atoms with Crippen molar-refractivity contribution < 1.29 is 4.74 Å². The summed E-state index contributed by atoms with van der Waals surface area (Å²) >= 11 is 0. The Morgan fingerprint density at radius 2 is 1.67 bits per heavy atom. The number of rotatable bonds is 8. The van der Waals surface area contributed by atoms with Crippen LogP contribution < -0.4 is 0 Å². The fourth-order valence-corrected chi connectivity index (χ4v) is 2.13. The molecule has 1 nitrogen and oxygen atoms in total. The lowest BCUT2D eigenvalue weighted by Crippen LogP contribution is -1.95. The van der Waals surface area contributed by atoms with Crippen molar-refractivity contribution in [2.45, 2.75) is 32.8 Å². The molecule has 0 aliphatic carbocycles. The van der Waals surface area contributed by atoms with E-state index in [4.69, 9.17) is 4.74 Å². The summed E-state index contributed by atoms with van der Waals surface area (Å²) in [6.45, 7) is 3.68. The van der Waals surface area contributed by atoms with Crippen molar-refractivity contribution in [3.05, 3.63) is 77.4 Å². The first-order valence-electron chi connectivity index (χ1n) is 7.69. The predicted molar refractivity (Wildman–Crippen MR) is 90.2 cm³/mol. The van der Waals surface area contributed by atoms with Gasteiger partial charge in [0.1, 0.15) is 0 Å². The minimum absolute atomic E-state index is 0.722. The van der Waals surface area contributed by atoms with E-state index in [1.807, 2.05) is 6.07 Å². The van der Waals surface area contributed by atoms with Crippen molar-refractivity contribution in [2.75, 3.05) is 6.61 Å². The highest BCUT2D eigenvalue weighted by Gasteiger charge is 1.92. The Kier molecular flexibility index (Phi) is 6.76. The maximum atomic E-state index is 5.67. The second-order valence-corrected chi connectivity index (χ2v) is 5.35. The monoisotopic (exact) mass is 280 g/mol. The standard InChI is InChI=1S/C20H24O/c1-18-12-14-19(15-13-18)9-5-2-3-8-16-21-17-20-10-6-4-7-11-20/h4-7,9-15H,2-3,8,16-17H2,1H3/b9-5+. The molecular formula is C20H24O. The number of allylic oxidation sites excluding steroid dienone is 1. The first-order valence-corrected chi connectivity index (χ1v) is 7.69. The molecule has 0 N–H and O–H groups in total. The van der Waals surface area contributed by atoms with Crippen LogP contribution in [0, 0.1) is 6.92 Å². The lowest BCUT2D eigenvalue weighted by molar-refractivity contribution is 0.117. The van der Waals surface area contributed by atoms with Gasteiger partial charge in [0.2, 0.25) is 0 Å². The van der Waals surface area contributed by atoms with Gasteiger partial charge in [-0.25, -0.2) is 0 Å². The zero-order valence-electron chi connectivity index (χ0n) is 12.8. The van der Waals surface area contributed by atoms with Crippen LogP contribution in [0.3, 0.4) is 0 Å². The molecule has 2 aromatic rings. The predicted octanol–water partition coefficient (Wildman–Crippen LogP) is 5.40. The van der Waals surface area contributed by atoms with Crippen molar-refractivity contribution in [1.29, 1.82) is 0 Å². The summed E-state index contributed by atoms with van der Waals surface area (Å²) in [4.78, 5) is 0. The van der Waals surface area contributed by atoms with Crippen molar-refractivity contribution in [3.63, 3.8) is 0 Å². The maximum Gasteiger partial charge on any atom is 0.0716 e. The van der Waals surface area contributed by atoms with Gasteiger partial charge in [0.15, 0.2) is 0 Å². The Bertz CT molecular complexity index is 526. The molecule has 0 amide bonds. The molecule has 0 aliphatic heterocycles. The Hall–Kier alpha value is -1.86. The molecule has 1 heteroatoms. The van der Waals surface area contributed by atoms with Gasteiger partial charge in [0, 0.05) is 6.61 Å². The maximum absolute atomic E-state index is 5.67. The molecule has 0 unspecified atom stereocenters. The van der Waals surface area contributed by atoms with Crippen molar-refractivity contribution >= 4 is 6.08 Å². The Labute approximate surface area is 128 Å². The molecule has 0 fully saturated rings. The first-order chi connectivity index (χ1) is 10.3. The third kappa shape index (κ3) is 6.42. The van der Waals surface area contributed by atoms with E-state index < -0.39 is 0 Å². The molecule has 0 bridgehead atoms. The van der Waals surface area contributed by atoms with Crippen LogP contribution in [-0.2, 0) is 11.3 Å². The van der Waals surface area contributed by atoms with E-state index in [9.17, 15) is 0 Å². The summed E-state index contributed by atoms with van der Waals surface area (Å²) in [5.74, 6) is 0. The molecular weight excluding hydrogens is 256 g/mol. The van der Waals surface area contributed by atoms with Crippen molar-refractivity contribution in [2.24, 2.45) is 0 Å². The van der Waals surface area contributed by atoms with E-state index in [1.54, 1.807) is 0 Å². The summed E-state index contributed by atoms with van der Waals surface area (Å²) in [7, 11) is 0. The molecule has 0 radical (unpaired) electrons. The van der Waals surface area contributed by atoms with Gasteiger partial charge in [-0.05, 0) is 37.3 Å². The minimum Gasteiger partial charge on any atom is -0.377 e. The zero-order valence-corrected chi connectivity index (χ0v) is 12.8. The average Bonchev–Trinajstić information content (AvgIpc) is 2.53. The quantitative estimate of drug-likeness (QED) is 0.589. The molecule has 0 aliphatic rings. The van der Waals surface area contributed by atoms with Crippen LogP contribution in [0.1, 0.15) is 36.0 Å². The van der Waals surface area contributed by atoms with E-state index in [0.29, 0.717) is 0 Å². The summed E-state index contributed by atoms with van der Waals surface area (Å²) in [5, 5.41) is 0. The van der Waals surface area contributed by atoms with Crippen LogP contribution in [0.5, 0.6) is 0 Å². The molecule has 2 rings (SSSR count). The second-order valence-electron chi connectivity index (χ2n) is 5.35. The van der Waals surface area contributed by atoms with Crippen LogP contribution in [0.25, 0.3) is 6.08 Å². The van der Waals surface area contributed by atoms with E-state index in [-0.39, 0.29) is 0 Å². The van der Waals surface area contributed by atoms with Crippen LogP contribution in [-0.4, -0.2) is 6.61 Å². The normalized spacial score (nSPS) is 11.1. The molecule has 0 atom stereocenters. The summed E-state index contributed by atoms with van der Waals surface area (Å²) in [5.41, 5.74) is 3.83. The third-order valence-corrected chi connectivity index (χ3v) is 3.41. The second kappa shape index (κ2) is 9.15. The van der Waals surface area contributed by atoms with E-state index >= 15 is 0 Å². The summed E-state index contributed by atoms with van der Waals surface area (Å²) in [6, 6.07) is 19.0. The summed E-state index contributed by atoms with van der Waals surface area (Å²) in [6.07, 6.45) is 7.86. The molecule has 110 valence electrons. The number of aryl methyl sites for hydroxylation is 1. The Morgan fingerprint density at radius 1 is 0.905 bits per heavy atom. The first kappa shape index (κ1) is 15.5. The Balaban J connectivity index is 1.53. The number of hydrogen-bond acceptors (Lipinski definition) is 1. The van der Waals surface area contributed by atoms with Crippen LogP contribution >= 0.6 is 0 Å². The van der Waals surface area contributed by atoms with Crippen LogP contribution in [0.15, 0.2) is 60.7 Å². The highest BCUT2D eigenvalue weighted by Crippen LogP contribution is 2.07. The van der Waals surface area contributed by atoms with Gasteiger partial charge >= 0.3 is 0 Å². The highest BCUT2D eigenvalue weighted by molar-refractivity contribution is 5.49. The van der Waals surface area contributed by atoms with E-state index in [0.717, 1.165) is 26.1 Å². The fourth-order valence-electron chi connectivity index (χ4n) is 2.13. The van der Waals surface area contributed by atoms with Crippen molar-refractivity contribution in [3.8, 4) is 0 Å². The van der Waals surface area contributed by atoms with E-state index in [2.05, 4.69) is 67.6 Å². The molecule has 0 heterocycles.